The fourth-order valence-corrected chi connectivity index (χ4v) is 4.29. The van der Waals surface area contributed by atoms with Crippen LogP contribution < -0.4 is 0 Å². The molecule has 4 rings (SSSR count). The minimum atomic E-state index is 0. The zero-order valence-corrected chi connectivity index (χ0v) is 13.8. The van der Waals surface area contributed by atoms with Gasteiger partial charge in [-0.15, -0.1) is 12.4 Å². The number of likely N-dealkylation sites (tertiary alicyclic amines) is 1. The molecule has 1 saturated heterocycles. The first-order valence-electron chi connectivity index (χ1n) is 8.19. The standard InChI is InChI=1S/C19H23NO.ClH/c1-2-8-18-16(5-1)6-3-9-19(18)10-12-20(13-11-19)15-17-7-4-14-21-17;/h1-2,4-5,7-8,14H,3,6,9-13,15H2;1H. The number of furan rings is 1. The number of hydrogen-bond donors (Lipinski definition) is 0. The highest BCUT2D eigenvalue weighted by atomic mass is 35.5. The van der Waals surface area contributed by atoms with Gasteiger partial charge in [0.2, 0.25) is 0 Å². The smallest absolute Gasteiger partial charge is 0.117 e. The zero-order chi connectivity index (χ0) is 14.1. The first kappa shape index (κ1) is 15.6. The maximum absolute atomic E-state index is 5.49. The van der Waals surface area contributed by atoms with Crippen LogP contribution in [0.4, 0.5) is 0 Å². The van der Waals surface area contributed by atoms with Crippen LogP contribution in [0.15, 0.2) is 47.1 Å². The summed E-state index contributed by atoms with van der Waals surface area (Å²) in [4.78, 5) is 2.54. The first-order chi connectivity index (χ1) is 10.4. The van der Waals surface area contributed by atoms with E-state index in [1.165, 1.54) is 45.2 Å². The maximum Gasteiger partial charge on any atom is 0.117 e. The largest absolute Gasteiger partial charge is 0.468 e. The Kier molecular flexibility index (Phi) is 4.60. The van der Waals surface area contributed by atoms with E-state index >= 15 is 0 Å². The molecule has 1 aromatic carbocycles. The number of benzene rings is 1. The van der Waals surface area contributed by atoms with Gasteiger partial charge in [0.25, 0.3) is 0 Å². The highest BCUT2D eigenvalue weighted by Crippen LogP contribution is 2.44. The van der Waals surface area contributed by atoms with Crippen LogP contribution in [0.1, 0.15) is 42.6 Å². The molecule has 0 radical (unpaired) electrons. The number of halogens is 1. The Bertz CT molecular complexity index is 600. The van der Waals surface area contributed by atoms with Gasteiger partial charge < -0.3 is 4.42 Å². The van der Waals surface area contributed by atoms with Crippen molar-refractivity contribution in [3.63, 3.8) is 0 Å². The third-order valence-corrected chi connectivity index (χ3v) is 5.46. The minimum Gasteiger partial charge on any atom is -0.468 e. The van der Waals surface area contributed by atoms with E-state index in [9.17, 15) is 0 Å². The van der Waals surface area contributed by atoms with Crippen LogP contribution in [0.2, 0.25) is 0 Å². The molecular weight excluding hydrogens is 294 g/mol. The molecule has 2 nitrogen and oxygen atoms in total. The summed E-state index contributed by atoms with van der Waals surface area (Å²) in [5.74, 6) is 1.09. The summed E-state index contributed by atoms with van der Waals surface area (Å²) in [6.07, 6.45) is 8.37. The van der Waals surface area contributed by atoms with E-state index < -0.39 is 0 Å². The van der Waals surface area contributed by atoms with Crippen molar-refractivity contribution in [3.05, 3.63) is 59.5 Å². The highest BCUT2D eigenvalue weighted by molar-refractivity contribution is 5.85. The van der Waals surface area contributed by atoms with Gasteiger partial charge in [0.1, 0.15) is 5.76 Å². The van der Waals surface area contributed by atoms with Gasteiger partial charge in [0.05, 0.1) is 12.8 Å². The van der Waals surface area contributed by atoms with Crippen LogP contribution in [-0.2, 0) is 18.4 Å². The summed E-state index contributed by atoms with van der Waals surface area (Å²) in [5, 5.41) is 0. The van der Waals surface area contributed by atoms with Gasteiger partial charge in [-0.2, -0.15) is 0 Å². The molecule has 0 saturated carbocycles. The Morgan fingerprint density at radius 3 is 2.59 bits per heavy atom. The lowest BCUT2D eigenvalue weighted by atomic mass is 9.65. The first-order valence-corrected chi connectivity index (χ1v) is 8.19. The van der Waals surface area contributed by atoms with Crippen molar-refractivity contribution in [1.82, 2.24) is 4.90 Å². The summed E-state index contributed by atoms with van der Waals surface area (Å²) in [7, 11) is 0. The van der Waals surface area contributed by atoms with E-state index in [0.29, 0.717) is 5.41 Å². The Morgan fingerprint density at radius 2 is 1.82 bits per heavy atom. The lowest BCUT2D eigenvalue weighted by Gasteiger charge is -2.45. The Labute approximate surface area is 138 Å². The summed E-state index contributed by atoms with van der Waals surface area (Å²) < 4.78 is 5.49. The zero-order valence-electron chi connectivity index (χ0n) is 13.0. The summed E-state index contributed by atoms with van der Waals surface area (Å²) in [6.45, 7) is 3.34. The van der Waals surface area contributed by atoms with Gasteiger partial charge in [-0.1, -0.05) is 24.3 Å². The van der Waals surface area contributed by atoms with Crippen LogP contribution in [0.5, 0.6) is 0 Å². The van der Waals surface area contributed by atoms with Crippen molar-refractivity contribution < 1.29 is 4.42 Å². The molecule has 0 amide bonds. The lowest BCUT2D eigenvalue weighted by Crippen LogP contribution is -2.43. The van der Waals surface area contributed by atoms with Gasteiger partial charge in [-0.25, -0.2) is 0 Å². The van der Waals surface area contributed by atoms with E-state index in [2.05, 4.69) is 35.2 Å². The molecule has 1 aromatic heterocycles. The van der Waals surface area contributed by atoms with Crippen LogP contribution in [0.25, 0.3) is 0 Å². The average Bonchev–Trinajstić information content (AvgIpc) is 3.03. The molecule has 2 heterocycles. The van der Waals surface area contributed by atoms with Crippen molar-refractivity contribution in [2.24, 2.45) is 0 Å². The molecule has 0 atom stereocenters. The second kappa shape index (κ2) is 6.47. The molecule has 22 heavy (non-hydrogen) atoms. The van der Waals surface area contributed by atoms with E-state index in [1.54, 1.807) is 17.4 Å². The monoisotopic (exact) mass is 317 g/mol. The molecule has 3 heteroatoms. The fourth-order valence-electron chi connectivity index (χ4n) is 4.29. The van der Waals surface area contributed by atoms with Gasteiger partial charge in [0.15, 0.2) is 0 Å². The number of aryl methyl sites for hydroxylation is 1. The Hall–Kier alpha value is -1.25. The topological polar surface area (TPSA) is 16.4 Å². The average molecular weight is 318 g/mol. The summed E-state index contributed by atoms with van der Waals surface area (Å²) in [5.41, 5.74) is 3.70. The van der Waals surface area contributed by atoms with Crippen LogP contribution in [0.3, 0.4) is 0 Å². The van der Waals surface area contributed by atoms with E-state index in [4.69, 9.17) is 4.42 Å². The lowest BCUT2D eigenvalue weighted by molar-refractivity contribution is 0.132. The molecule has 1 aliphatic heterocycles. The predicted octanol–water partition coefficient (Wildman–Crippen LogP) is 4.57. The van der Waals surface area contributed by atoms with Crippen LogP contribution >= 0.6 is 12.4 Å². The van der Waals surface area contributed by atoms with Crippen molar-refractivity contribution in [3.8, 4) is 0 Å². The molecule has 0 N–H and O–H groups in total. The van der Waals surface area contributed by atoms with Crippen LogP contribution in [0, 0.1) is 0 Å². The normalized spacial score (nSPS) is 20.4. The third-order valence-electron chi connectivity index (χ3n) is 5.46. The van der Waals surface area contributed by atoms with Crippen molar-refractivity contribution in [2.75, 3.05) is 13.1 Å². The van der Waals surface area contributed by atoms with Gasteiger partial charge in [0, 0.05) is 0 Å². The van der Waals surface area contributed by atoms with E-state index in [0.717, 1.165) is 12.3 Å². The molecule has 1 spiro atoms. The van der Waals surface area contributed by atoms with Gasteiger partial charge in [-0.3, -0.25) is 4.90 Å². The molecule has 1 aliphatic carbocycles. The van der Waals surface area contributed by atoms with Crippen molar-refractivity contribution >= 4 is 12.4 Å². The second-order valence-corrected chi connectivity index (χ2v) is 6.65. The quantitative estimate of drug-likeness (QED) is 0.806. The van der Waals surface area contributed by atoms with Crippen molar-refractivity contribution in [2.45, 2.75) is 44.1 Å². The van der Waals surface area contributed by atoms with E-state index in [1.807, 2.05) is 6.07 Å². The SMILES string of the molecule is Cl.c1coc(CN2CCC3(CCCc4ccccc43)CC2)c1. The molecular formula is C19H24ClNO. The molecule has 2 aliphatic rings. The predicted molar refractivity (Wildman–Crippen MR) is 91.5 cm³/mol. The number of rotatable bonds is 2. The summed E-state index contributed by atoms with van der Waals surface area (Å²) in [6, 6.07) is 13.2. The highest BCUT2D eigenvalue weighted by Gasteiger charge is 2.39. The van der Waals surface area contributed by atoms with Gasteiger partial charge >= 0.3 is 0 Å². The van der Waals surface area contributed by atoms with Gasteiger partial charge in [-0.05, 0) is 73.9 Å². The number of nitrogens with zero attached hydrogens (tertiary/aromatic N) is 1. The molecule has 2 aromatic rings. The third kappa shape index (κ3) is 2.82. The summed E-state index contributed by atoms with van der Waals surface area (Å²) >= 11 is 0. The molecule has 118 valence electrons. The molecule has 0 bridgehead atoms. The number of hydrogen-bond acceptors (Lipinski definition) is 2. The van der Waals surface area contributed by atoms with Crippen molar-refractivity contribution in [1.29, 1.82) is 0 Å². The second-order valence-electron chi connectivity index (χ2n) is 6.65. The Balaban J connectivity index is 0.00000144. The Morgan fingerprint density at radius 1 is 1.00 bits per heavy atom. The molecule has 1 fully saturated rings. The fraction of sp³-hybridized carbons (Fsp3) is 0.474. The number of fused-ring (bicyclic) bond motifs is 2. The van der Waals surface area contributed by atoms with E-state index in [-0.39, 0.29) is 12.4 Å². The van der Waals surface area contributed by atoms with Crippen LogP contribution in [-0.4, -0.2) is 18.0 Å². The minimum absolute atomic E-state index is 0. The number of piperidine rings is 1. The molecule has 0 unspecified atom stereocenters. The maximum atomic E-state index is 5.49.